The average Bonchev–Trinajstić information content (AvgIpc) is 3.36. The number of hydrogen-bond acceptors (Lipinski definition) is 5. The lowest BCUT2D eigenvalue weighted by atomic mass is 9.80. The van der Waals surface area contributed by atoms with Crippen LogP contribution in [0.1, 0.15) is 62.9 Å². The first-order chi connectivity index (χ1) is 16.5. The maximum atomic E-state index is 13.6. The van der Waals surface area contributed by atoms with Gasteiger partial charge in [0.2, 0.25) is 5.91 Å². The predicted octanol–water partition coefficient (Wildman–Crippen LogP) is 6.00. The Morgan fingerprint density at radius 1 is 1.23 bits per heavy atom. The fraction of sp³-hybridized carbons (Fsp3) is 0.654. The normalized spacial score (nSPS) is 15.3. The molecule has 0 aliphatic carbocycles. The molecule has 3 heterocycles. The highest BCUT2D eigenvalue weighted by Crippen LogP contribution is 2.36. The number of nitrogens with two attached hydrogens (primary N) is 1. The number of hydrogen-bond donors (Lipinski definition) is 1. The van der Waals surface area contributed by atoms with Crippen LogP contribution in [-0.4, -0.2) is 40.3 Å². The quantitative estimate of drug-likeness (QED) is 0.183. The van der Waals surface area contributed by atoms with Gasteiger partial charge >= 0.3 is 0 Å². The van der Waals surface area contributed by atoms with Crippen LogP contribution in [0.15, 0.2) is 22.8 Å². The Morgan fingerprint density at radius 2 is 2.00 bits per heavy atom. The molecule has 2 aromatic rings. The molecular formula is C26H42BrN5O2Si. The number of unbranched alkanes of at least 4 members (excludes halogenated alkanes) is 2. The lowest BCUT2D eigenvalue weighted by molar-refractivity contribution is -0.142. The van der Waals surface area contributed by atoms with Gasteiger partial charge in [-0.05, 0) is 59.8 Å². The zero-order chi connectivity index (χ0) is 25.6. The van der Waals surface area contributed by atoms with Crippen molar-refractivity contribution in [2.75, 3.05) is 12.3 Å². The zero-order valence-electron chi connectivity index (χ0n) is 22.1. The highest BCUT2D eigenvalue weighted by atomic mass is 79.9. The predicted molar refractivity (Wildman–Crippen MR) is 148 cm³/mol. The van der Waals surface area contributed by atoms with Crippen molar-refractivity contribution in [2.24, 2.45) is 5.41 Å². The summed E-state index contributed by atoms with van der Waals surface area (Å²) in [5, 5.41) is 4.48. The van der Waals surface area contributed by atoms with Crippen molar-refractivity contribution in [2.45, 2.75) is 97.9 Å². The van der Waals surface area contributed by atoms with Crippen molar-refractivity contribution in [1.29, 1.82) is 0 Å². The third-order valence-corrected chi connectivity index (χ3v) is 9.26. The van der Waals surface area contributed by atoms with E-state index in [9.17, 15) is 4.79 Å². The molecule has 1 atom stereocenters. The zero-order valence-corrected chi connectivity index (χ0v) is 24.7. The minimum Gasteiger partial charge on any atom is -0.382 e. The van der Waals surface area contributed by atoms with Crippen molar-refractivity contribution in [3.8, 4) is 0 Å². The molecule has 1 aliphatic heterocycles. The Balaban J connectivity index is 1.50. The fourth-order valence-corrected chi connectivity index (χ4v) is 5.65. The Morgan fingerprint density at radius 3 is 2.69 bits per heavy atom. The van der Waals surface area contributed by atoms with E-state index in [2.05, 4.69) is 65.6 Å². The molecule has 0 radical (unpaired) electrons. The van der Waals surface area contributed by atoms with Gasteiger partial charge in [-0.25, -0.2) is 9.67 Å². The van der Waals surface area contributed by atoms with Crippen molar-refractivity contribution >= 4 is 35.7 Å². The maximum absolute atomic E-state index is 13.6. The molecule has 1 aliphatic rings. The fourth-order valence-electron chi connectivity index (χ4n) is 4.52. The second-order valence-corrected chi connectivity index (χ2v) is 17.7. The molecule has 1 unspecified atom stereocenters. The Hall–Kier alpha value is -1.71. The summed E-state index contributed by atoms with van der Waals surface area (Å²) in [5.74, 6) is 0.735. The Kier molecular flexibility index (Phi) is 9.57. The van der Waals surface area contributed by atoms with E-state index in [0.717, 1.165) is 72.7 Å². The number of pyridine rings is 1. The number of anilines is 1. The number of aromatic nitrogens is 3. The molecule has 0 saturated heterocycles. The second-order valence-electron chi connectivity index (χ2n) is 11.2. The van der Waals surface area contributed by atoms with Gasteiger partial charge in [-0.2, -0.15) is 5.10 Å². The molecule has 3 rings (SSSR count). The molecule has 2 aromatic heterocycles. The summed E-state index contributed by atoms with van der Waals surface area (Å²) in [6.07, 6.45) is 5.89. The van der Waals surface area contributed by atoms with Crippen molar-refractivity contribution in [3.63, 3.8) is 0 Å². The smallest absolute Gasteiger partial charge is 0.229 e. The number of rotatable bonds is 13. The monoisotopic (exact) mass is 563 g/mol. The summed E-state index contributed by atoms with van der Waals surface area (Å²) in [4.78, 5) is 20.1. The number of ether oxygens (including phenoxy) is 1. The third-order valence-electron chi connectivity index (χ3n) is 7.12. The van der Waals surface area contributed by atoms with E-state index in [1.165, 1.54) is 0 Å². The van der Waals surface area contributed by atoms with E-state index in [0.29, 0.717) is 25.6 Å². The lowest BCUT2D eigenvalue weighted by Gasteiger charge is -2.32. The molecule has 194 valence electrons. The van der Waals surface area contributed by atoms with Gasteiger partial charge in [0.05, 0.1) is 18.8 Å². The second kappa shape index (κ2) is 12.0. The highest BCUT2D eigenvalue weighted by molar-refractivity contribution is 9.10. The number of carbonyl (C=O) groups is 1. The molecule has 2 N–H and O–H groups in total. The molecule has 35 heavy (non-hydrogen) atoms. The van der Waals surface area contributed by atoms with E-state index in [1.54, 1.807) is 0 Å². The van der Waals surface area contributed by atoms with Crippen LogP contribution in [-0.2, 0) is 35.8 Å². The molecule has 0 saturated carbocycles. The topological polar surface area (TPSA) is 86.3 Å². The van der Waals surface area contributed by atoms with Crippen LogP contribution in [0.5, 0.6) is 0 Å². The Bertz CT molecular complexity index is 1010. The molecule has 9 heteroatoms. The van der Waals surface area contributed by atoms with Crippen LogP contribution in [0.3, 0.4) is 0 Å². The average molecular weight is 565 g/mol. The first-order valence-electron chi connectivity index (χ1n) is 12.8. The summed E-state index contributed by atoms with van der Waals surface area (Å²) in [7, 11) is -1.14. The van der Waals surface area contributed by atoms with Gasteiger partial charge in [-0.1, -0.05) is 52.4 Å². The minimum atomic E-state index is -1.14. The summed E-state index contributed by atoms with van der Waals surface area (Å²) in [5.41, 5.74) is 8.96. The molecule has 1 amide bonds. The van der Waals surface area contributed by atoms with Gasteiger partial charge in [0.1, 0.15) is 11.3 Å². The van der Waals surface area contributed by atoms with Crippen LogP contribution >= 0.6 is 15.9 Å². The first-order valence-corrected chi connectivity index (χ1v) is 17.3. The van der Waals surface area contributed by atoms with E-state index >= 15 is 0 Å². The van der Waals surface area contributed by atoms with E-state index < -0.39 is 8.07 Å². The molecule has 0 aromatic carbocycles. The van der Waals surface area contributed by atoms with Crippen molar-refractivity contribution in [3.05, 3.63) is 39.8 Å². The summed E-state index contributed by atoms with van der Waals surface area (Å²) in [6.45, 7) is 13.5. The van der Waals surface area contributed by atoms with Crippen LogP contribution in [0.4, 0.5) is 5.82 Å². The molecule has 7 nitrogen and oxygen atoms in total. The summed E-state index contributed by atoms with van der Waals surface area (Å²) < 4.78 is 8.63. The molecule has 0 fully saturated rings. The molecule has 0 spiro atoms. The number of nitrogens with zero attached hydrogens (tertiary/aromatic N) is 4. The first kappa shape index (κ1) is 27.9. The summed E-state index contributed by atoms with van der Waals surface area (Å²) >= 11 is 3.44. The van der Waals surface area contributed by atoms with Crippen LogP contribution in [0, 0.1) is 5.41 Å². The lowest BCUT2D eigenvalue weighted by Crippen LogP contribution is -2.39. The van der Waals surface area contributed by atoms with Gasteiger partial charge in [0.25, 0.3) is 0 Å². The number of nitrogen functional groups attached to an aromatic ring is 1. The SMILES string of the molecule is CCC(C)(CCCCCc1cccc(Br)n1)C(=O)N1Cc2c(N)nn(COCC[Si](C)(C)C)c2C1. The van der Waals surface area contributed by atoms with Gasteiger partial charge in [-0.3, -0.25) is 4.79 Å². The maximum Gasteiger partial charge on any atom is 0.229 e. The van der Waals surface area contributed by atoms with Gasteiger partial charge in [0.15, 0.2) is 5.82 Å². The number of carbonyl (C=O) groups excluding carboxylic acids is 1. The van der Waals surface area contributed by atoms with Crippen LogP contribution in [0.25, 0.3) is 0 Å². The number of halogens is 1. The van der Waals surface area contributed by atoms with E-state index in [-0.39, 0.29) is 11.3 Å². The van der Waals surface area contributed by atoms with Gasteiger partial charge in [-0.15, -0.1) is 0 Å². The molecule has 0 bridgehead atoms. The van der Waals surface area contributed by atoms with E-state index in [4.69, 9.17) is 10.5 Å². The number of aryl methyl sites for hydroxylation is 1. The third kappa shape index (κ3) is 7.63. The molecular weight excluding hydrogens is 522 g/mol. The van der Waals surface area contributed by atoms with Crippen molar-refractivity contribution < 1.29 is 9.53 Å². The standard InChI is InChI=1S/C26H42BrN5O2Si/c1-6-26(2,14-9-7-8-11-20-12-10-13-23(27)29-20)25(33)31-17-21-22(18-31)32(30-24(21)28)19-34-15-16-35(3,4)5/h10,12-13H,6-9,11,14-19H2,1-5H3,(H2,28,30). The van der Waals surface area contributed by atoms with E-state index in [1.807, 2.05) is 21.7 Å². The van der Waals surface area contributed by atoms with Gasteiger partial charge in [0, 0.05) is 31.4 Å². The largest absolute Gasteiger partial charge is 0.382 e. The number of fused-ring (bicyclic) bond motifs is 1. The Labute approximate surface area is 220 Å². The summed E-state index contributed by atoms with van der Waals surface area (Å²) in [6, 6.07) is 7.16. The van der Waals surface area contributed by atoms with Crippen LogP contribution < -0.4 is 5.73 Å². The van der Waals surface area contributed by atoms with Crippen LogP contribution in [0.2, 0.25) is 25.7 Å². The van der Waals surface area contributed by atoms with Gasteiger partial charge < -0.3 is 15.4 Å². The number of amides is 1. The highest BCUT2D eigenvalue weighted by Gasteiger charge is 2.38. The minimum absolute atomic E-state index is 0.218. The van der Waals surface area contributed by atoms with Crippen molar-refractivity contribution in [1.82, 2.24) is 19.7 Å².